The van der Waals surface area contributed by atoms with Crippen molar-refractivity contribution in [2.24, 2.45) is 0 Å². The Morgan fingerprint density at radius 3 is 0.889 bits per heavy atom. The minimum absolute atomic E-state index is 0.00553. The van der Waals surface area contributed by atoms with E-state index in [1.807, 2.05) is 40.0 Å². The van der Waals surface area contributed by atoms with Gasteiger partial charge in [-0.15, -0.1) is 3.63 Å². The standard InChI is InChI=1S/C26H22.C25H20O.C21H25BO2.2C18H15P.C10H7BrO.C2F6O5S2.2ClH.Pd/c1-17-8-9-19-15-20(11-10-18(19)14-17)21-12-13-23-22-6-4-5-7-24(22)26(2,3)25(23)16-21;1-25(2)23-6-4-3-5-21(23)22-12-10-19(15-24(22)25)16-7-8-18-14-20(26)11-9-17(18)13-16;1-19(2)17-10-8-7-9-15(17)16-12-11-14(13-18(16)19)22-23-20(3,4)21(5,6)24-22;2*1-4-10-16(11-5-1)19(17-12-6-2-7-13-17)18-14-8-3-9-15-18;11-9-3-1-8-6-10(12)4-2-7(8)5-9;3-1(4,5)14(9,10)13-15(11,12)2(6,7)8;;;/h4-16H,1-3H3;3-15,26H,1-2H3;7-13H,1-6H3;2*1-15H;1-6,12H;;2*1H;/q;;;;;;;;;+2/p-2. The fourth-order valence-electron chi connectivity index (χ4n) is 18.3. The predicted octanol–water partition coefficient (Wildman–Crippen LogP) is 30.2. The SMILES string of the molecule is CC1(C)c2ccccc2-c2ccc(-c3ccc4cc(O)ccc4c3)cc21.CC1(C)c2ccccc2-c2ccc(B3OC(C)(C)C(C)(C)O3)cc21.Cc1ccc2cc(-c3ccc4c(c3)C(C)(C)c3ccccc3-4)ccc2c1.O=S(=O)(OS(=O)(=O)C(F)(F)F)C(F)(F)F.Oc1ccc2cc(Br)ccc2c1.[Cl][Pd][Cl].c1ccc(P(c2ccccc2)c2ccccc2)cc1.c1ccc(P(c2ccccc2)c2ccccc2)cc1. The predicted molar refractivity (Wildman–Crippen MR) is 586 cm³/mol. The molecule has 0 unspecified atom stereocenters. The molecular formula is C120H104BBrCl2F6O9P2PdS2. The molecule has 2 N–H and O–H groups in total. The van der Waals surface area contributed by atoms with Gasteiger partial charge in [-0.25, -0.2) is 0 Å². The number of rotatable bonds is 11. The molecule has 18 aromatic rings. The van der Waals surface area contributed by atoms with E-state index in [0.717, 1.165) is 31.5 Å². The van der Waals surface area contributed by atoms with Gasteiger partial charge >= 0.3 is 73.4 Å². The summed E-state index contributed by atoms with van der Waals surface area (Å²) in [6.07, 6.45) is 0. The number of aromatic hydroxyl groups is 2. The second kappa shape index (κ2) is 44.7. The van der Waals surface area contributed by atoms with Crippen molar-refractivity contribution < 1.29 is 82.3 Å². The molecule has 0 saturated carbocycles. The topological polar surface area (TPSA) is 136 Å². The first-order valence-corrected chi connectivity index (χ1v) is 56.6. The number of halogens is 9. The van der Waals surface area contributed by atoms with Gasteiger partial charge in [0.15, 0.2) is 0 Å². The summed E-state index contributed by atoms with van der Waals surface area (Å²) < 4.78 is 124. The quantitative estimate of drug-likeness (QED) is 0.0561. The maximum Gasteiger partial charge on any atom is -0.0134 e. The van der Waals surface area contributed by atoms with Gasteiger partial charge < -0.3 is 19.5 Å². The van der Waals surface area contributed by atoms with Gasteiger partial charge in [0, 0.05) is 20.7 Å². The van der Waals surface area contributed by atoms with E-state index in [9.17, 15) is 53.4 Å². The largest absolute Gasteiger partial charge is 0.0622 e. The van der Waals surface area contributed by atoms with Crippen LogP contribution in [0.5, 0.6) is 11.5 Å². The van der Waals surface area contributed by atoms with Gasteiger partial charge in [-0.05, 0) is 270 Å². The van der Waals surface area contributed by atoms with Crippen LogP contribution in [0.15, 0.2) is 423 Å². The van der Waals surface area contributed by atoms with E-state index in [1.54, 1.807) is 18.2 Å². The molecule has 0 atom stereocenters. The smallest absolute Gasteiger partial charge is 0.0134 e. The number of hydrogen-bond acceptors (Lipinski definition) is 9. The summed E-state index contributed by atoms with van der Waals surface area (Å²) in [6.45, 7) is 24.4. The zero-order valence-electron chi connectivity index (χ0n) is 80.6. The molecule has 0 aromatic heterocycles. The maximum atomic E-state index is 11.4. The van der Waals surface area contributed by atoms with Crippen molar-refractivity contribution in [3.05, 3.63) is 462 Å². The third kappa shape index (κ3) is 24.0. The molecule has 9 nitrogen and oxygen atoms in total. The number of alkyl halides is 6. The Labute approximate surface area is 866 Å². The fourth-order valence-corrected chi connectivity index (χ4v) is 24.9. The van der Waals surface area contributed by atoms with Crippen molar-refractivity contribution in [2.75, 3.05) is 0 Å². The van der Waals surface area contributed by atoms with Gasteiger partial charge in [-0.3, -0.25) is 0 Å². The molecule has 18 aromatic carbocycles. The van der Waals surface area contributed by atoms with Crippen molar-refractivity contribution in [1.29, 1.82) is 0 Å². The van der Waals surface area contributed by atoms with Crippen LogP contribution in [-0.4, -0.2) is 56.4 Å². The fraction of sp³-hybridized carbons (Fsp3) is 0.150. The van der Waals surface area contributed by atoms with Crippen molar-refractivity contribution in [3.63, 3.8) is 0 Å². The number of phenolic OH excluding ortho intramolecular Hbond substituents is 2. The Hall–Kier alpha value is -11.7. The van der Waals surface area contributed by atoms with E-state index >= 15 is 0 Å². The van der Waals surface area contributed by atoms with Gasteiger partial charge in [0.2, 0.25) is 0 Å². The number of phenols is 2. The first-order chi connectivity index (χ1) is 68.5. The zero-order valence-corrected chi connectivity index (χ0v) is 88.7. The summed E-state index contributed by atoms with van der Waals surface area (Å²) in [5, 5.41) is 34.2. The third-order valence-electron chi connectivity index (χ3n) is 26.4. The molecule has 1 aliphatic heterocycles. The number of aryl methyl sites for hydroxylation is 1. The molecule has 0 radical (unpaired) electrons. The summed E-state index contributed by atoms with van der Waals surface area (Å²) in [4.78, 5) is 0. The van der Waals surface area contributed by atoms with E-state index in [1.165, 1.54) is 137 Å². The summed E-state index contributed by atoms with van der Waals surface area (Å²) >= 11 is 3.28. The summed E-state index contributed by atoms with van der Waals surface area (Å²) in [5.41, 5.74) is 10.9. The second-order valence-electron chi connectivity index (χ2n) is 37.5. The van der Waals surface area contributed by atoms with Crippen LogP contribution >= 0.6 is 50.8 Å². The van der Waals surface area contributed by atoms with Crippen molar-refractivity contribution >= 4 is 148 Å². The molecular weight excluding hydrogens is 2090 g/mol. The van der Waals surface area contributed by atoms with Gasteiger partial charge in [-0.1, -0.05) is 421 Å². The van der Waals surface area contributed by atoms with Gasteiger partial charge in [0.05, 0.1) is 11.2 Å². The van der Waals surface area contributed by atoms with E-state index in [0.29, 0.717) is 11.5 Å². The Kier molecular flexibility index (Phi) is 33.1. The summed E-state index contributed by atoms with van der Waals surface area (Å²) in [6, 6.07) is 148. The molecule has 144 heavy (non-hydrogen) atoms. The summed E-state index contributed by atoms with van der Waals surface area (Å²) in [7, 11) is -5.26. The van der Waals surface area contributed by atoms with E-state index < -0.39 is 47.1 Å². The van der Waals surface area contributed by atoms with Crippen LogP contribution in [-0.2, 0) is 65.4 Å². The molecule has 0 bridgehead atoms. The Balaban J connectivity index is 0.000000127. The first kappa shape index (κ1) is 107. The van der Waals surface area contributed by atoms with Crippen LogP contribution < -0.4 is 37.3 Å². The van der Waals surface area contributed by atoms with Crippen LogP contribution in [0.25, 0.3) is 88.0 Å². The van der Waals surface area contributed by atoms with Crippen LogP contribution in [0, 0.1) is 6.92 Å². The Morgan fingerprint density at radius 1 is 0.306 bits per heavy atom. The normalized spacial score (nSPS) is 14.3. The third-order valence-corrected chi connectivity index (χ3v) is 34.4. The van der Waals surface area contributed by atoms with E-state index in [2.05, 4.69) is 456 Å². The van der Waals surface area contributed by atoms with Crippen molar-refractivity contribution in [2.45, 2.75) is 115 Å². The maximum absolute atomic E-state index is 11.4. The molecule has 1 fully saturated rings. The minimum atomic E-state index is -6.85. The minimum Gasteiger partial charge on any atom is -0.0622 e. The second-order valence-corrected chi connectivity index (χ2v) is 48.5. The van der Waals surface area contributed by atoms with Crippen molar-refractivity contribution in [1.82, 2.24) is 0 Å². The van der Waals surface area contributed by atoms with Crippen LogP contribution in [0.1, 0.15) is 108 Å². The van der Waals surface area contributed by atoms with E-state index in [-0.39, 0.29) is 50.5 Å². The van der Waals surface area contributed by atoms with Gasteiger partial charge in [0.1, 0.15) is 11.5 Å². The molecule has 1 heterocycles. The molecule has 0 spiro atoms. The van der Waals surface area contributed by atoms with Crippen molar-refractivity contribution in [3.8, 4) is 67.1 Å². The monoisotopic (exact) mass is 2190 g/mol. The molecule has 3 aliphatic carbocycles. The summed E-state index contributed by atoms with van der Waals surface area (Å²) in [5.74, 6) is 0.618. The molecule has 736 valence electrons. The van der Waals surface area contributed by atoms with Gasteiger partial charge in [0.25, 0.3) is 0 Å². The zero-order chi connectivity index (χ0) is 103. The first-order valence-electron chi connectivity index (χ1n) is 46.3. The number of benzene rings is 18. The Morgan fingerprint density at radius 2 is 0.556 bits per heavy atom. The average Bonchev–Trinajstić information content (AvgIpc) is 1.58. The number of hydrogen-bond donors (Lipinski definition) is 2. The van der Waals surface area contributed by atoms with Crippen LogP contribution in [0.2, 0.25) is 0 Å². The van der Waals surface area contributed by atoms with Gasteiger partial charge in [-0.2, -0.15) is 43.2 Å². The molecule has 24 heteroatoms. The van der Waals surface area contributed by atoms with Crippen LogP contribution in [0.3, 0.4) is 0 Å². The van der Waals surface area contributed by atoms with Crippen LogP contribution in [0.4, 0.5) is 26.3 Å². The molecule has 4 aliphatic rings. The number of fused-ring (bicyclic) bond motifs is 12. The Bertz CT molecular complexity index is 7270. The molecule has 0 amide bonds. The average molecular weight is 2200 g/mol. The van der Waals surface area contributed by atoms with E-state index in [4.69, 9.17) is 28.4 Å². The molecule has 1 saturated heterocycles. The molecule has 22 rings (SSSR count).